The Morgan fingerprint density at radius 3 is 2.52 bits per heavy atom. The number of aryl methyl sites for hydroxylation is 1. The monoisotopic (exact) mass is 442 g/mol. The fraction of sp³-hybridized carbons (Fsp3) is 0.273. The van der Waals surface area contributed by atoms with Crippen LogP contribution in [0.4, 0.5) is 5.82 Å². The number of aromatic nitrogens is 1. The molecule has 0 saturated heterocycles. The number of anilines is 1. The van der Waals surface area contributed by atoms with Gasteiger partial charge >= 0.3 is 5.97 Å². The van der Waals surface area contributed by atoms with Gasteiger partial charge in [0.2, 0.25) is 10.0 Å². The maximum atomic E-state index is 13.5. The Hall–Kier alpha value is -3.01. The number of hydrogen-bond donors (Lipinski definition) is 3. The molecule has 9 heteroatoms. The molecule has 0 bridgehead atoms. The summed E-state index contributed by atoms with van der Waals surface area (Å²) in [7, 11) is -3.79. The zero-order valence-electron chi connectivity index (χ0n) is 17.1. The molecule has 3 aromatic rings. The first-order valence-electron chi connectivity index (χ1n) is 10.00. The minimum atomic E-state index is -3.79. The van der Waals surface area contributed by atoms with Crippen LogP contribution in [-0.2, 0) is 16.4 Å². The zero-order valence-corrected chi connectivity index (χ0v) is 17.9. The lowest BCUT2D eigenvalue weighted by molar-refractivity contribution is 0.0696. The smallest absolute Gasteiger partial charge is 0.335 e. The van der Waals surface area contributed by atoms with E-state index in [0.717, 1.165) is 5.56 Å². The molecule has 8 nitrogen and oxygen atoms in total. The second kappa shape index (κ2) is 9.86. The Bertz CT molecular complexity index is 1180. The Morgan fingerprint density at radius 2 is 1.77 bits per heavy atom. The lowest BCUT2D eigenvalue weighted by Crippen LogP contribution is -2.34. The number of sulfonamides is 1. The maximum absolute atomic E-state index is 13.5. The Morgan fingerprint density at radius 1 is 1.03 bits per heavy atom. The van der Waals surface area contributed by atoms with Gasteiger partial charge in [-0.1, -0.05) is 24.3 Å². The van der Waals surface area contributed by atoms with Gasteiger partial charge in [0, 0.05) is 30.1 Å². The van der Waals surface area contributed by atoms with Crippen LogP contribution in [0.15, 0.2) is 59.6 Å². The summed E-state index contributed by atoms with van der Waals surface area (Å²) in [6, 6.07) is 13.3. The summed E-state index contributed by atoms with van der Waals surface area (Å²) in [4.78, 5) is 15.4. The predicted molar refractivity (Wildman–Crippen MR) is 120 cm³/mol. The number of pyridine rings is 1. The van der Waals surface area contributed by atoms with Gasteiger partial charge in [0.15, 0.2) is 0 Å². The van der Waals surface area contributed by atoms with Crippen LogP contribution in [0, 0.1) is 0 Å². The van der Waals surface area contributed by atoms with Gasteiger partial charge in [0.05, 0.1) is 10.5 Å². The molecule has 0 radical (unpaired) electrons. The molecule has 31 heavy (non-hydrogen) atoms. The van der Waals surface area contributed by atoms with Crippen LogP contribution in [0.5, 0.6) is 0 Å². The van der Waals surface area contributed by atoms with Crippen LogP contribution in [0.25, 0.3) is 10.8 Å². The molecule has 0 unspecified atom stereocenters. The molecule has 0 saturated carbocycles. The SMILES string of the molecule is NCCCN(CCCc1cccc(C(=O)O)c1)S(=O)(=O)c1cccc2c(N)nccc12. The fourth-order valence-corrected chi connectivity index (χ4v) is 5.23. The van der Waals surface area contributed by atoms with Gasteiger partial charge in [0.25, 0.3) is 0 Å². The van der Waals surface area contributed by atoms with Gasteiger partial charge in [-0.15, -0.1) is 0 Å². The lowest BCUT2D eigenvalue weighted by Gasteiger charge is -2.23. The molecule has 0 spiro atoms. The van der Waals surface area contributed by atoms with Crippen LogP contribution >= 0.6 is 0 Å². The van der Waals surface area contributed by atoms with E-state index in [4.69, 9.17) is 16.6 Å². The van der Waals surface area contributed by atoms with E-state index in [2.05, 4.69) is 4.98 Å². The van der Waals surface area contributed by atoms with Crippen LogP contribution in [-0.4, -0.2) is 48.4 Å². The first-order valence-corrected chi connectivity index (χ1v) is 11.4. The van der Waals surface area contributed by atoms with Crippen LogP contribution in [0.3, 0.4) is 0 Å². The summed E-state index contributed by atoms with van der Waals surface area (Å²) >= 11 is 0. The third-order valence-electron chi connectivity index (χ3n) is 5.07. The van der Waals surface area contributed by atoms with Crippen molar-refractivity contribution in [2.24, 2.45) is 5.73 Å². The average molecular weight is 443 g/mol. The van der Waals surface area contributed by atoms with Crippen molar-refractivity contribution in [1.82, 2.24) is 9.29 Å². The first kappa shape index (κ1) is 22.7. The standard InChI is InChI=1S/C22H26N4O4S/c23-11-4-14-26(13-3-6-16-5-1-7-17(15-16)22(27)28)31(29,30)20-9-2-8-19-18(20)10-12-25-21(19)24/h1-2,5,7-10,12,15H,3-4,6,11,13-14,23H2,(H2,24,25)(H,27,28). The number of aromatic carboxylic acids is 1. The average Bonchev–Trinajstić information content (AvgIpc) is 2.76. The van der Waals surface area contributed by atoms with Gasteiger partial charge in [-0.05, 0) is 55.6 Å². The molecule has 3 rings (SSSR count). The molecule has 164 valence electrons. The number of nitrogens with two attached hydrogens (primary N) is 2. The zero-order chi connectivity index (χ0) is 22.4. The molecule has 0 aliphatic rings. The number of nitrogen functional groups attached to an aromatic ring is 1. The molecule has 0 aliphatic carbocycles. The van der Waals surface area contributed by atoms with Crippen LogP contribution in [0.1, 0.15) is 28.8 Å². The summed E-state index contributed by atoms with van der Waals surface area (Å²) in [5.41, 5.74) is 12.6. The molecular weight excluding hydrogens is 416 g/mol. The minimum absolute atomic E-state index is 0.184. The normalized spacial score (nSPS) is 11.8. The predicted octanol–water partition coefficient (Wildman–Crippen LogP) is 2.49. The van der Waals surface area contributed by atoms with Crippen molar-refractivity contribution in [3.05, 3.63) is 65.9 Å². The highest BCUT2D eigenvalue weighted by molar-refractivity contribution is 7.89. The molecule has 0 amide bonds. The van der Waals surface area contributed by atoms with Gasteiger partial charge in [-0.2, -0.15) is 4.31 Å². The largest absolute Gasteiger partial charge is 0.478 e. The molecule has 0 fully saturated rings. The quantitative estimate of drug-likeness (QED) is 0.438. The van der Waals surface area contributed by atoms with Crippen molar-refractivity contribution in [2.75, 3.05) is 25.4 Å². The number of carboxylic acids is 1. The maximum Gasteiger partial charge on any atom is 0.335 e. The van der Waals surface area contributed by atoms with E-state index in [1.54, 1.807) is 36.4 Å². The lowest BCUT2D eigenvalue weighted by atomic mass is 10.1. The minimum Gasteiger partial charge on any atom is -0.478 e. The number of nitrogens with zero attached hydrogens (tertiary/aromatic N) is 2. The molecule has 2 aromatic carbocycles. The second-order valence-corrected chi connectivity index (χ2v) is 9.11. The topological polar surface area (TPSA) is 140 Å². The Kier molecular flexibility index (Phi) is 7.21. The van der Waals surface area contributed by atoms with E-state index in [1.165, 1.54) is 16.6 Å². The molecule has 5 N–H and O–H groups in total. The fourth-order valence-electron chi connectivity index (χ4n) is 3.50. The van der Waals surface area contributed by atoms with Gasteiger partial charge in [-0.3, -0.25) is 0 Å². The molecule has 0 atom stereocenters. The first-order chi connectivity index (χ1) is 14.8. The number of rotatable bonds is 10. The van der Waals surface area contributed by atoms with E-state index in [9.17, 15) is 13.2 Å². The third kappa shape index (κ3) is 5.19. The molecule has 1 aromatic heterocycles. The van der Waals surface area contributed by atoms with Crippen molar-refractivity contribution < 1.29 is 18.3 Å². The molecule has 1 heterocycles. The number of carbonyl (C=O) groups is 1. The highest BCUT2D eigenvalue weighted by atomic mass is 32.2. The summed E-state index contributed by atoms with van der Waals surface area (Å²) in [5.74, 6) is -0.708. The van der Waals surface area contributed by atoms with Crippen molar-refractivity contribution in [1.29, 1.82) is 0 Å². The van der Waals surface area contributed by atoms with E-state index in [-0.39, 0.29) is 22.8 Å². The molecule has 0 aliphatic heterocycles. The summed E-state index contributed by atoms with van der Waals surface area (Å²) in [6.07, 6.45) is 3.13. The Balaban J connectivity index is 1.84. The van der Waals surface area contributed by atoms with E-state index in [1.807, 2.05) is 6.07 Å². The molecular formula is C22H26N4O4S. The van der Waals surface area contributed by atoms with Crippen LogP contribution < -0.4 is 11.5 Å². The van der Waals surface area contributed by atoms with Gasteiger partial charge in [-0.25, -0.2) is 18.2 Å². The van der Waals surface area contributed by atoms with E-state index in [0.29, 0.717) is 43.1 Å². The summed E-state index contributed by atoms with van der Waals surface area (Å²) in [5, 5.41) is 10.3. The summed E-state index contributed by atoms with van der Waals surface area (Å²) in [6.45, 7) is 0.959. The van der Waals surface area contributed by atoms with Crippen molar-refractivity contribution in [3.63, 3.8) is 0 Å². The second-order valence-electron chi connectivity index (χ2n) is 7.20. The van der Waals surface area contributed by atoms with Gasteiger partial charge < -0.3 is 16.6 Å². The number of carboxylic acid groups (broad SMARTS) is 1. The van der Waals surface area contributed by atoms with Crippen molar-refractivity contribution in [3.8, 4) is 0 Å². The van der Waals surface area contributed by atoms with Crippen molar-refractivity contribution >= 4 is 32.6 Å². The third-order valence-corrected chi connectivity index (χ3v) is 7.03. The Labute approximate surface area is 181 Å². The summed E-state index contributed by atoms with van der Waals surface area (Å²) < 4.78 is 28.4. The van der Waals surface area contributed by atoms with E-state index >= 15 is 0 Å². The number of fused-ring (bicyclic) bond motifs is 1. The van der Waals surface area contributed by atoms with Crippen molar-refractivity contribution in [2.45, 2.75) is 24.2 Å². The highest BCUT2D eigenvalue weighted by Crippen LogP contribution is 2.28. The van der Waals surface area contributed by atoms with E-state index < -0.39 is 16.0 Å². The number of benzene rings is 2. The highest BCUT2D eigenvalue weighted by Gasteiger charge is 2.26. The van der Waals surface area contributed by atoms with Gasteiger partial charge in [0.1, 0.15) is 5.82 Å². The van der Waals surface area contributed by atoms with Crippen LogP contribution in [0.2, 0.25) is 0 Å². The number of hydrogen-bond acceptors (Lipinski definition) is 6.